The third-order valence-corrected chi connectivity index (χ3v) is 3.97. The van der Waals surface area contributed by atoms with Gasteiger partial charge >= 0.3 is 0 Å². The number of aromatic nitrogens is 2. The molecule has 0 aliphatic heterocycles. The second-order valence-corrected chi connectivity index (χ2v) is 6.82. The van der Waals surface area contributed by atoms with E-state index >= 15 is 0 Å². The molecule has 0 saturated carbocycles. The van der Waals surface area contributed by atoms with Crippen LogP contribution in [0.4, 0.5) is 5.82 Å². The molecule has 0 amide bonds. The maximum Gasteiger partial charge on any atom is 0.128 e. The molecule has 1 N–H and O–H groups in total. The van der Waals surface area contributed by atoms with Gasteiger partial charge in [-0.1, -0.05) is 13.8 Å². The molecule has 0 fully saturated rings. The maximum atomic E-state index is 4.50. The van der Waals surface area contributed by atoms with Crippen molar-refractivity contribution in [1.82, 2.24) is 15.3 Å². The van der Waals surface area contributed by atoms with Gasteiger partial charge in [-0.05, 0) is 37.1 Å². The van der Waals surface area contributed by atoms with Gasteiger partial charge in [0.1, 0.15) is 5.82 Å². The standard InChI is InChI=1S/C16H24N4S/c1-12(2)8-17-9-14-5-6-18-16(7-14)20(4)10-15-11-21-13(3)19-15/h5-7,11-12,17H,8-10H2,1-4H3. The molecule has 2 aromatic rings. The fourth-order valence-corrected chi connectivity index (χ4v) is 2.69. The van der Waals surface area contributed by atoms with E-state index in [-0.39, 0.29) is 0 Å². The van der Waals surface area contributed by atoms with E-state index in [1.165, 1.54) is 5.56 Å². The highest BCUT2D eigenvalue weighted by atomic mass is 32.1. The van der Waals surface area contributed by atoms with E-state index < -0.39 is 0 Å². The summed E-state index contributed by atoms with van der Waals surface area (Å²) in [6.45, 7) is 9.18. The van der Waals surface area contributed by atoms with Crippen LogP contribution in [0.1, 0.15) is 30.1 Å². The zero-order chi connectivity index (χ0) is 15.2. The number of thiazole rings is 1. The Balaban J connectivity index is 1.95. The van der Waals surface area contributed by atoms with Crippen LogP contribution in [0.2, 0.25) is 0 Å². The number of nitrogens with one attached hydrogen (secondary N) is 1. The molecule has 21 heavy (non-hydrogen) atoms. The number of nitrogens with zero attached hydrogens (tertiary/aromatic N) is 3. The third-order valence-electron chi connectivity index (χ3n) is 3.15. The Kier molecular flexibility index (Phi) is 5.70. The summed E-state index contributed by atoms with van der Waals surface area (Å²) < 4.78 is 0. The molecule has 2 aromatic heterocycles. The van der Waals surface area contributed by atoms with E-state index in [4.69, 9.17) is 0 Å². The first-order chi connectivity index (χ1) is 10.0. The minimum absolute atomic E-state index is 0.668. The van der Waals surface area contributed by atoms with Crippen molar-refractivity contribution in [1.29, 1.82) is 0 Å². The summed E-state index contributed by atoms with van der Waals surface area (Å²) in [6, 6.07) is 4.21. The first-order valence-corrected chi connectivity index (χ1v) is 8.20. The normalized spacial score (nSPS) is 11.1. The Labute approximate surface area is 131 Å². The molecule has 114 valence electrons. The topological polar surface area (TPSA) is 41.1 Å². The zero-order valence-corrected chi connectivity index (χ0v) is 14.1. The average Bonchev–Trinajstić information content (AvgIpc) is 2.84. The minimum atomic E-state index is 0.668. The van der Waals surface area contributed by atoms with Crippen LogP contribution in [-0.2, 0) is 13.1 Å². The molecular weight excluding hydrogens is 280 g/mol. The van der Waals surface area contributed by atoms with Gasteiger partial charge in [-0.15, -0.1) is 11.3 Å². The van der Waals surface area contributed by atoms with Crippen LogP contribution in [0.3, 0.4) is 0 Å². The molecule has 0 radical (unpaired) electrons. The second kappa shape index (κ2) is 7.52. The molecule has 0 bridgehead atoms. The lowest BCUT2D eigenvalue weighted by Crippen LogP contribution is -2.20. The van der Waals surface area contributed by atoms with Gasteiger partial charge in [-0.2, -0.15) is 0 Å². The van der Waals surface area contributed by atoms with E-state index in [1.807, 2.05) is 13.1 Å². The molecule has 0 unspecified atom stereocenters. The Bertz CT molecular complexity index is 565. The zero-order valence-electron chi connectivity index (χ0n) is 13.3. The maximum absolute atomic E-state index is 4.50. The molecule has 0 spiro atoms. The van der Waals surface area contributed by atoms with Crippen molar-refractivity contribution in [2.45, 2.75) is 33.9 Å². The molecule has 0 aliphatic rings. The first kappa shape index (κ1) is 15.9. The Morgan fingerprint density at radius 2 is 2.19 bits per heavy atom. The summed E-state index contributed by atoms with van der Waals surface area (Å²) in [5, 5.41) is 6.68. The molecule has 4 nitrogen and oxygen atoms in total. The molecule has 5 heteroatoms. The predicted molar refractivity (Wildman–Crippen MR) is 89.7 cm³/mol. The second-order valence-electron chi connectivity index (χ2n) is 5.76. The number of pyridine rings is 1. The van der Waals surface area contributed by atoms with Gasteiger partial charge in [-0.25, -0.2) is 9.97 Å². The summed E-state index contributed by atoms with van der Waals surface area (Å²) in [7, 11) is 2.06. The first-order valence-electron chi connectivity index (χ1n) is 7.32. The highest BCUT2D eigenvalue weighted by Gasteiger charge is 2.07. The Morgan fingerprint density at radius 3 is 2.86 bits per heavy atom. The van der Waals surface area contributed by atoms with Crippen molar-refractivity contribution < 1.29 is 0 Å². The lowest BCUT2D eigenvalue weighted by molar-refractivity contribution is 0.552. The lowest BCUT2D eigenvalue weighted by atomic mass is 10.2. The fourth-order valence-electron chi connectivity index (χ4n) is 2.09. The molecule has 0 aromatic carbocycles. The van der Waals surface area contributed by atoms with Crippen LogP contribution < -0.4 is 10.2 Å². The summed E-state index contributed by atoms with van der Waals surface area (Å²) >= 11 is 1.69. The summed E-state index contributed by atoms with van der Waals surface area (Å²) in [5.41, 5.74) is 2.37. The fraction of sp³-hybridized carbons (Fsp3) is 0.500. The van der Waals surface area contributed by atoms with Crippen molar-refractivity contribution in [2.24, 2.45) is 5.92 Å². The van der Waals surface area contributed by atoms with Crippen LogP contribution in [0.15, 0.2) is 23.7 Å². The molecule has 0 saturated heterocycles. The summed E-state index contributed by atoms with van der Waals surface area (Å²) in [5.74, 6) is 1.66. The number of anilines is 1. The van der Waals surface area contributed by atoms with Gasteiger partial charge in [0.2, 0.25) is 0 Å². The van der Waals surface area contributed by atoms with Gasteiger partial charge in [0.05, 0.1) is 17.2 Å². The van der Waals surface area contributed by atoms with Crippen LogP contribution in [0, 0.1) is 12.8 Å². The third kappa shape index (κ3) is 5.10. The quantitative estimate of drug-likeness (QED) is 0.852. The number of rotatable bonds is 7. The van der Waals surface area contributed by atoms with Crippen LogP contribution in [0.25, 0.3) is 0 Å². The SMILES string of the molecule is Cc1nc(CN(C)c2cc(CNCC(C)C)ccn2)cs1. The van der Waals surface area contributed by atoms with Crippen LogP contribution in [0.5, 0.6) is 0 Å². The van der Waals surface area contributed by atoms with E-state index in [9.17, 15) is 0 Å². The minimum Gasteiger partial charge on any atom is -0.354 e. The van der Waals surface area contributed by atoms with Gasteiger partial charge in [0.25, 0.3) is 0 Å². The van der Waals surface area contributed by atoms with E-state index in [1.54, 1.807) is 11.3 Å². The highest BCUT2D eigenvalue weighted by Crippen LogP contribution is 2.16. The Morgan fingerprint density at radius 1 is 1.38 bits per heavy atom. The molecule has 2 rings (SSSR count). The highest BCUT2D eigenvalue weighted by molar-refractivity contribution is 7.09. The molecule has 2 heterocycles. The van der Waals surface area contributed by atoms with Crippen molar-refractivity contribution in [2.75, 3.05) is 18.5 Å². The monoisotopic (exact) mass is 304 g/mol. The van der Waals surface area contributed by atoms with Gasteiger partial charge < -0.3 is 10.2 Å². The summed E-state index contributed by atoms with van der Waals surface area (Å²) in [6.07, 6.45) is 1.88. The predicted octanol–water partition coefficient (Wildman–Crippen LogP) is 3.23. The van der Waals surface area contributed by atoms with Crippen LogP contribution >= 0.6 is 11.3 Å². The van der Waals surface area contributed by atoms with Crippen molar-refractivity contribution >= 4 is 17.2 Å². The van der Waals surface area contributed by atoms with E-state index in [0.717, 1.165) is 36.2 Å². The average molecular weight is 304 g/mol. The van der Waals surface area contributed by atoms with Gasteiger partial charge in [0.15, 0.2) is 0 Å². The summed E-state index contributed by atoms with van der Waals surface area (Å²) in [4.78, 5) is 11.1. The van der Waals surface area contributed by atoms with Crippen molar-refractivity contribution in [3.05, 3.63) is 40.0 Å². The van der Waals surface area contributed by atoms with Crippen molar-refractivity contribution in [3.8, 4) is 0 Å². The van der Waals surface area contributed by atoms with Crippen LogP contribution in [-0.4, -0.2) is 23.6 Å². The van der Waals surface area contributed by atoms with E-state index in [0.29, 0.717) is 5.92 Å². The smallest absolute Gasteiger partial charge is 0.128 e. The largest absolute Gasteiger partial charge is 0.354 e. The number of hydrogen-bond donors (Lipinski definition) is 1. The molecule has 0 aliphatic carbocycles. The number of hydrogen-bond acceptors (Lipinski definition) is 5. The number of aryl methyl sites for hydroxylation is 1. The van der Waals surface area contributed by atoms with Gasteiger partial charge in [-0.3, -0.25) is 0 Å². The molecule has 0 atom stereocenters. The van der Waals surface area contributed by atoms with Crippen molar-refractivity contribution in [3.63, 3.8) is 0 Å². The Hall–Kier alpha value is -1.46. The molecular formula is C16H24N4S. The van der Waals surface area contributed by atoms with Gasteiger partial charge in [0, 0.05) is 25.2 Å². The lowest BCUT2D eigenvalue weighted by Gasteiger charge is -2.18. The van der Waals surface area contributed by atoms with E-state index in [2.05, 4.69) is 58.6 Å².